The average molecular weight is 262 g/mol. The largest absolute Gasteiger partial charge is 0.383 e. The van der Waals surface area contributed by atoms with Crippen molar-refractivity contribution in [2.45, 2.75) is 27.7 Å². The van der Waals surface area contributed by atoms with Gasteiger partial charge in [-0.05, 0) is 27.7 Å². The van der Waals surface area contributed by atoms with E-state index in [0.717, 1.165) is 0 Å². The standard InChI is InChI=1S/C8H20P.C4BN4/c1-5-9(6-2,7-3)8-4;6-1-5(2-7,3-8)4-9/h5-8H2,1-4H3;/q+1;-1. The molecule has 0 aromatic heterocycles. The molecule has 0 atom stereocenters. The number of nitrogens with zero attached hydrogens (tertiary/aromatic N) is 4. The van der Waals surface area contributed by atoms with E-state index in [1.807, 2.05) is 0 Å². The summed E-state index contributed by atoms with van der Waals surface area (Å²) in [6, 6.07) is 0. The normalized spacial score (nSPS) is 9.78. The Hall–Kier alpha value is -1.55. The van der Waals surface area contributed by atoms with E-state index >= 15 is 0 Å². The molecular weight excluding hydrogens is 242 g/mol. The highest BCUT2D eigenvalue weighted by Crippen LogP contribution is 2.57. The third kappa shape index (κ3) is 5.19. The summed E-state index contributed by atoms with van der Waals surface area (Å²) < 4.78 is 0. The molecule has 0 bridgehead atoms. The molecule has 0 N–H and O–H groups in total. The first kappa shape index (κ1) is 18.8. The monoisotopic (exact) mass is 262 g/mol. The zero-order chi connectivity index (χ0) is 14.7. The molecule has 0 aliphatic carbocycles. The Morgan fingerprint density at radius 2 is 0.889 bits per heavy atom. The summed E-state index contributed by atoms with van der Waals surface area (Å²) >= 11 is 0. The zero-order valence-electron chi connectivity index (χ0n) is 11.6. The quantitative estimate of drug-likeness (QED) is 0.574. The van der Waals surface area contributed by atoms with E-state index in [2.05, 4.69) is 27.7 Å². The van der Waals surface area contributed by atoms with Crippen LogP contribution in [0.2, 0.25) is 0 Å². The van der Waals surface area contributed by atoms with Gasteiger partial charge in [-0.15, -0.1) is 23.9 Å². The van der Waals surface area contributed by atoms with Crippen LogP contribution in [-0.2, 0) is 0 Å². The topological polar surface area (TPSA) is 95.2 Å². The van der Waals surface area contributed by atoms with E-state index in [9.17, 15) is 0 Å². The van der Waals surface area contributed by atoms with Crippen molar-refractivity contribution in [2.75, 3.05) is 24.6 Å². The first-order chi connectivity index (χ1) is 8.49. The smallest absolute Gasteiger partial charge is 0.245 e. The maximum atomic E-state index is 8.09. The van der Waals surface area contributed by atoms with Crippen LogP contribution in [0, 0.1) is 44.9 Å². The maximum Gasteiger partial charge on any atom is 0.383 e. The molecule has 0 radical (unpaired) electrons. The Morgan fingerprint density at radius 3 is 0.889 bits per heavy atom. The fourth-order valence-corrected chi connectivity index (χ4v) is 4.20. The highest BCUT2D eigenvalue weighted by molar-refractivity contribution is 7.75. The van der Waals surface area contributed by atoms with E-state index in [0.29, 0.717) is 0 Å². The highest BCUT2D eigenvalue weighted by atomic mass is 31.2. The minimum absolute atomic E-state index is 0.420. The van der Waals surface area contributed by atoms with Crippen LogP contribution in [0.3, 0.4) is 0 Å². The van der Waals surface area contributed by atoms with Crippen molar-refractivity contribution in [3.8, 4) is 23.9 Å². The second-order valence-corrected chi connectivity index (χ2v) is 9.20. The molecule has 0 saturated carbocycles. The first-order valence-electron chi connectivity index (χ1n) is 6.14. The van der Waals surface area contributed by atoms with Crippen molar-refractivity contribution in [3.63, 3.8) is 0 Å². The Morgan fingerprint density at radius 1 is 0.667 bits per heavy atom. The summed E-state index contributed by atoms with van der Waals surface area (Å²) in [5.41, 5.74) is 0. The molecule has 0 aliphatic rings. The molecule has 0 spiro atoms. The van der Waals surface area contributed by atoms with Gasteiger partial charge in [0.05, 0.1) is 24.6 Å². The minimum atomic E-state index is -2.72. The van der Waals surface area contributed by atoms with Gasteiger partial charge >= 0.3 is 6.15 Å². The number of nitriles is 4. The number of hydrogen-bond donors (Lipinski definition) is 0. The molecule has 96 valence electrons. The maximum absolute atomic E-state index is 8.09. The Balaban J connectivity index is 0. The van der Waals surface area contributed by atoms with Crippen LogP contribution in [0.5, 0.6) is 0 Å². The molecule has 0 aliphatic heterocycles. The van der Waals surface area contributed by atoms with E-state index < -0.39 is 13.4 Å². The van der Waals surface area contributed by atoms with Gasteiger partial charge in [0.2, 0.25) is 0 Å². The summed E-state index contributed by atoms with van der Waals surface area (Å²) in [5.74, 6) is 5.38. The lowest BCUT2D eigenvalue weighted by atomic mass is 9.30. The third-order valence-corrected chi connectivity index (χ3v) is 8.82. The van der Waals surface area contributed by atoms with Gasteiger partial charge in [0, 0.05) is 7.26 Å². The number of hydrogen-bond acceptors (Lipinski definition) is 4. The van der Waals surface area contributed by atoms with E-state index in [4.69, 9.17) is 21.0 Å². The van der Waals surface area contributed by atoms with Gasteiger partial charge in [-0.25, -0.2) is 21.0 Å². The first-order valence-corrected chi connectivity index (χ1v) is 8.67. The molecule has 0 fully saturated rings. The van der Waals surface area contributed by atoms with Crippen molar-refractivity contribution in [1.82, 2.24) is 0 Å². The second kappa shape index (κ2) is 9.48. The van der Waals surface area contributed by atoms with Gasteiger partial charge in [-0.1, -0.05) is 0 Å². The summed E-state index contributed by atoms with van der Waals surface area (Å²) in [4.78, 5) is 0. The van der Waals surface area contributed by atoms with Crippen molar-refractivity contribution in [2.24, 2.45) is 0 Å². The fraction of sp³-hybridized carbons (Fsp3) is 0.667. The van der Waals surface area contributed by atoms with Crippen LogP contribution >= 0.6 is 7.26 Å². The summed E-state index contributed by atoms with van der Waals surface area (Å²) in [6.07, 6.45) is 3.10. The van der Waals surface area contributed by atoms with Crippen LogP contribution in [0.1, 0.15) is 27.7 Å². The van der Waals surface area contributed by atoms with Gasteiger partial charge < -0.3 is 0 Å². The van der Waals surface area contributed by atoms with Gasteiger partial charge in [0.1, 0.15) is 0 Å². The van der Waals surface area contributed by atoms with Crippen LogP contribution in [0.25, 0.3) is 0 Å². The Bertz CT molecular complexity index is 325. The lowest BCUT2D eigenvalue weighted by molar-refractivity contribution is 1.25. The van der Waals surface area contributed by atoms with Crippen LogP contribution < -0.4 is 0 Å². The average Bonchev–Trinajstić information content (AvgIpc) is 2.46. The third-order valence-electron chi connectivity index (χ3n) is 3.46. The van der Waals surface area contributed by atoms with E-state index in [1.165, 1.54) is 48.5 Å². The van der Waals surface area contributed by atoms with E-state index in [1.54, 1.807) is 0 Å². The van der Waals surface area contributed by atoms with Crippen LogP contribution in [0.15, 0.2) is 0 Å². The lowest BCUT2D eigenvalue weighted by Gasteiger charge is -2.20. The van der Waals surface area contributed by atoms with E-state index in [-0.39, 0.29) is 0 Å². The number of rotatable bonds is 4. The molecule has 0 rings (SSSR count). The van der Waals surface area contributed by atoms with Crippen molar-refractivity contribution in [1.29, 1.82) is 21.0 Å². The molecule has 0 saturated heterocycles. The summed E-state index contributed by atoms with van der Waals surface area (Å²) in [7, 11) is -0.420. The molecule has 0 aromatic rings. The van der Waals surface area contributed by atoms with Gasteiger partial charge in [0.15, 0.2) is 0 Å². The van der Waals surface area contributed by atoms with Gasteiger partial charge in [-0.3, -0.25) is 0 Å². The fourth-order valence-electron chi connectivity index (χ4n) is 1.51. The van der Waals surface area contributed by atoms with Crippen molar-refractivity contribution in [3.05, 3.63) is 0 Å². The predicted octanol–water partition coefficient (Wildman–Crippen LogP) is 2.77. The molecule has 0 aromatic carbocycles. The molecule has 0 unspecified atom stereocenters. The zero-order valence-corrected chi connectivity index (χ0v) is 12.5. The minimum Gasteiger partial charge on any atom is -0.245 e. The SMILES string of the molecule is CC[P+](CC)(CC)CC.N#C[B-](C#N)(C#N)C#N. The van der Waals surface area contributed by atoms with Crippen LogP contribution in [0.4, 0.5) is 0 Å². The van der Waals surface area contributed by atoms with Crippen molar-refractivity contribution >= 4 is 13.4 Å². The molecule has 0 heterocycles. The Labute approximate surface area is 111 Å². The lowest BCUT2D eigenvalue weighted by Crippen LogP contribution is -2.26. The highest BCUT2D eigenvalue weighted by Gasteiger charge is 2.27. The molecule has 18 heavy (non-hydrogen) atoms. The van der Waals surface area contributed by atoms with Crippen LogP contribution in [-0.4, -0.2) is 30.8 Å². The predicted molar refractivity (Wildman–Crippen MR) is 77.3 cm³/mol. The van der Waals surface area contributed by atoms with Gasteiger partial charge in [0.25, 0.3) is 0 Å². The molecular formula is C12H20BN4P. The van der Waals surface area contributed by atoms with Gasteiger partial charge in [-0.2, -0.15) is 0 Å². The molecule has 0 amide bonds. The summed E-state index contributed by atoms with van der Waals surface area (Å²) in [6.45, 7) is 9.41. The molecule has 4 nitrogen and oxygen atoms in total. The second-order valence-electron chi connectivity index (χ2n) is 3.99. The Kier molecular flexibility index (Phi) is 9.91. The van der Waals surface area contributed by atoms with Crippen molar-refractivity contribution < 1.29 is 0 Å². The summed E-state index contributed by atoms with van der Waals surface area (Å²) in [5, 5.41) is 32.3. The molecule has 6 heteroatoms.